The molecule has 0 spiro atoms. The summed E-state index contributed by atoms with van der Waals surface area (Å²) in [5.41, 5.74) is 20.9. The smallest absolute Gasteiger partial charge is 0.166 e. The van der Waals surface area contributed by atoms with Crippen molar-refractivity contribution in [2.24, 2.45) is 0 Å². The van der Waals surface area contributed by atoms with Crippen LogP contribution in [0.1, 0.15) is 55.5 Å². The molecular formula is C70H48N6. The maximum atomic E-state index is 11.6. The summed E-state index contributed by atoms with van der Waals surface area (Å²) in [4.78, 5) is 15.8. The Morgan fingerprint density at radius 1 is 0.355 bits per heavy atom. The quantitative estimate of drug-likeness (QED) is 0.166. The number of benzene rings is 10. The van der Waals surface area contributed by atoms with Crippen molar-refractivity contribution >= 4 is 43.6 Å². The highest BCUT2D eigenvalue weighted by atomic mass is 15.1. The Morgan fingerprint density at radius 2 is 0.803 bits per heavy atom. The van der Waals surface area contributed by atoms with E-state index in [-0.39, 0.29) is 10.8 Å². The summed E-state index contributed by atoms with van der Waals surface area (Å²) in [7, 11) is 0. The Labute approximate surface area is 440 Å². The first kappa shape index (κ1) is 43.8. The fourth-order valence-electron chi connectivity index (χ4n) is 13.3. The van der Waals surface area contributed by atoms with Crippen molar-refractivity contribution in [3.63, 3.8) is 0 Å². The van der Waals surface area contributed by atoms with Crippen LogP contribution < -0.4 is 0 Å². The van der Waals surface area contributed by atoms with Crippen molar-refractivity contribution in [3.8, 4) is 85.0 Å². The van der Waals surface area contributed by atoms with E-state index in [9.17, 15) is 5.26 Å². The van der Waals surface area contributed by atoms with E-state index in [1.807, 2.05) is 60.7 Å². The highest BCUT2D eigenvalue weighted by molar-refractivity contribution is 6.16. The number of nitriles is 1. The second-order valence-corrected chi connectivity index (χ2v) is 21.4. The van der Waals surface area contributed by atoms with E-state index in [0.29, 0.717) is 23.0 Å². The van der Waals surface area contributed by atoms with E-state index < -0.39 is 0 Å². The van der Waals surface area contributed by atoms with Gasteiger partial charge < -0.3 is 9.13 Å². The molecule has 0 saturated heterocycles. The van der Waals surface area contributed by atoms with Crippen molar-refractivity contribution in [2.75, 3.05) is 0 Å². The van der Waals surface area contributed by atoms with Crippen LogP contribution in [-0.4, -0.2) is 24.1 Å². The Hall–Kier alpha value is -9.70. The van der Waals surface area contributed by atoms with E-state index in [2.05, 4.69) is 201 Å². The van der Waals surface area contributed by atoms with Gasteiger partial charge in [0.05, 0.1) is 39.0 Å². The SMILES string of the molecule is CC1(C)c2ccccc2-c2ccc3c(c21)c1ccccc1n3-c1cc(-c2cccc(-n3c4ccccc4c4c5c(ccc43)-c3ccccc3C5(C)C)c2C#N)ccc1-c1nc(-c2ccccc2)nc(-c2ccccc2)n1. The number of rotatable bonds is 6. The molecule has 0 atom stereocenters. The molecule has 0 N–H and O–H groups in total. The van der Waals surface area contributed by atoms with Gasteiger partial charge in [0.15, 0.2) is 17.5 Å². The van der Waals surface area contributed by atoms with Crippen LogP contribution in [0.15, 0.2) is 218 Å². The first-order chi connectivity index (χ1) is 37.2. The van der Waals surface area contributed by atoms with Crippen LogP contribution in [0.5, 0.6) is 0 Å². The average Bonchev–Trinajstić information content (AvgIpc) is 4.25. The van der Waals surface area contributed by atoms with Crippen molar-refractivity contribution in [3.05, 3.63) is 246 Å². The zero-order chi connectivity index (χ0) is 51.0. The zero-order valence-corrected chi connectivity index (χ0v) is 42.5. The molecule has 0 saturated carbocycles. The third-order valence-electron chi connectivity index (χ3n) is 16.6. The highest BCUT2D eigenvalue weighted by Crippen LogP contribution is 2.55. The molecule has 0 fully saturated rings. The second-order valence-electron chi connectivity index (χ2n) is 21.4. The lowest BCUT2D eigenvalue weighted by molar-refractivity contribution is 0.666. The average molecular weight is 973 g/mol. The van der Waals surface area contributed by atoms with Gasteiger partial charge >= 0.3 is 0 Å². The zero-order valence-electron chi connectivity index (χ0n) is 42.5. The minimum Gasteiger partial charge on any atom is -0.308 e. The summed E-state index contributed by atoms with van der Waals surface area (Å²) in [5, 5.41) is 16.4. The van der Waals surface area contributed by atoms with Crippen molar-refractivity contribution < 1.29 is 0 Å². The van der Waals surface area contributed by atoms with Crippen LogP contribution in [0.2, 0.25) is 0 Å². The van der Waals surface area contributed by atoms with Crippen molar-refractivity contribution in [1.29, 1.82) is 5.26 Å². The maximum Gasteiger partial charge on any atom is 0.166 e. The van der Waals surface area contributed by atoms with Crippen LogP contribution in [0.25, 0.3) is 123 Å². The fourth-order valence-corrected chi connectivity index (χ4v) is 13.3. The Kier molecular flexibility index (Phi) is 9.32. The third kappa shape index (κ3) is 6.11. The van der Waals surface area contributed by atoms with Gasteiger partial charge in [-0.05, 0) is 92.5 Å². The molecule has 0 radical (unpaired) electrons. The maximum absolute atomic E-state index is 11.6. The van der Waals surface area contributed by atoms with Gasteiger partial charge in [-0.2, -0.15) is 5.26 Å². The van der Waals surface area contributed by atoms with E-state index in [4.69, 9.17) is 15.0 Å². The van der Waals surface area contributed by atoms with Crippen molar-refractivity contribution in [1.82, 2.24) is 24.1 Å². The monoisotopic (exact) mass is 972 g/mol. The summed E-state index contributed by atoms with van der Waals surface area (Å²) >= 11 is 0. The molecular weight excluding hydrogens is 925 g/mol. The number of para-hydroxylation sites is 2. The molecule has 15 rings (SSSR count). The largest absolute Gasteiger partial charge is 0.308 e. The van der Waals surface area contributed by atoms with Gasteiger partial charge in [0.1, 0.15) is 6.07 Å². The first-order valence-electron chi connectivity index (χ1n) is 26.1. The molecule has 3 heterocycles. The lowest BCUT2D eigenvalue weighted by atomic mass is 9.80. The molecule has 2 aliphatic carbocycles. The van der Waals surface area contributed by atoms with Gasteiger partial charge in [0.25, 0.3) is 0 Å². The van der Waals surface area contributed by atoms with Gasteiger partial charge in [0, 0.05) is 54.6 Å². The molecule has 0 amide bonds. The van der Waals surface area contributed by atoms with E-state index in [1.165, 1.54) is 66.1 Å². The molecule has 0 unspecified atom stereocenters. The third-order valence-corrected chi connectivity index (χ3v) is 16.6. The molecule has 6 nitrogen and oxygen atoms in total. The molecule has 3 aromatic heterocycles. The highest BCUT2D eigenvalue weighted by Gasteiger charge is 2.40. The van der Waals surface area contributed by atoms with Gasteiger partial charge in [-0.3, -0.25) is 0 Å². The molecule has 0 bridgehead atoms. The second kappa shape index (κ2) is 16.1. The van der Waals surface area contributed by atoms with Crippen LogP contribution in [-0.2, 0) is 10.8 Å². The predicted octanol–water partition coefficient (Wildman–Crippen LogP) is 17.2. The van der Waals surface area contributed by atoms with Gasteiger partial charge in [0.2, 0.25) is 0 Å². The summed E-state index contributed by atoms with van der Waals surface area (Å²) in [5.74, 6) is 1.72. The Morgan fingerprint density at radius 3 is 1.34 bits per heavy atom. The molecule has 6 heteroatoms. The number of hydrogen-bond donors (Lipinski definition) is 0. The lowest BCUT2D eigenvalue weighted by Crippen LogP contribution is -2.15. The molecule has 76 heavy (non-hydrogen) atoms. The van der Waals surface area contributed by atoms with Gasteiger partial charge in [-0.25, -0.2) is 15.0 Å². The number of aromatic nitrogens is 5. The lowest BCUT2D eigenvalue weighted by Gasteiger charge is -2.23. The normalized spacial score (nSPS) is 13.7. The molecule has 358 valence electrons. The van der Waals surface area contributed by atoms with E-state index in [0.717, 1.165) is 61.3 Å². The number of hydrogen-bond acceptors (Lipinski definition) is 4. The summed E-state index contributed by atoms with van der Waals surface area (Å²) < 4.78 is 4.72. The predicted molar refractivity (Wildman–Crippen MR) is 310 cm³/mol. The van der Waals surface area contributed by atoms with Gasteiger partial charge in [-0.15, -0.1) is 0 Å². The van der Waals surface area contributed by atoms with E-state index in [1.54, 1.807) is 0 Å². The number of fused-ring (bicyclic) bond motifs is 14. The van der Waals surface area contributed by atoms with Crippen molar-refractivity contribution in [2.45, 2.75) is 38.5 Å². The van der Waals surface area contributed by atoms with Crippen LogP contribution in [0.4, 0.5) is 0 Å². The Balaban J connectivity index is 1.01. The van der Waals surface area contributed by atoms with E-state index >= 15 is 0 Å². The molecule has 13 aromatic rings. The summed E-state index contributed by atoms with van der Waals surface area (Å²) in [6.45, 7) is 9.41. The van der Waals surface area contributed by atoms with Crippen LogP contribution in [0.3, 0.4) is 0 Å². The minimum absolute atomic E-state index is 0.229. The fraction of sp³-hybridized carbons (Fsp3) is 0.0857. The number of nitrogens with zero attached hydrogens (tertiary/aromatic N) is 6. The first-order valence-corrected chi connectivity index (χ1v) is 26.1. The summed E-state index contributed by atoms with van der Waals surface area (Å²) in [6, 6.07) is 80.1. The standard InChI is InChI=1S/C70H48N6/c1-69(2)54-29-15-11-24-46(54)48-36-38-59-62(64(48)69)50-26-13-17-31-56(50)75(59)58-33-19-28-45(53(58)41-71)44-34-35-52(68-73-66(42-20-7-5-8-21-42)72-67(74-68)43-22-9-6-10-23-43)61(40-44)76-57-32-18-14-27-51(57)63-60(76)39-37-49-47-25-12-16-30-55(47)70(3,4)65(49)63/h5-40H,1-4H3. The molecule has 10 aromatic carbocycles. The minimum atomic E-state index is -0.261. The van der Waals surface area contributed by atoms with Crippen LogP contribution in [0, 0.1) is 11.3 Å². The Bertz CT molecular complexity index is 4590. The summed E-state index contributed by atoms with van der Waals surface area (Å²) in [6.07, 6.45) is 0. The van der Waals surface area contributed by atoms with Gasteiger partial charge in [-0.1, -0.05) is 204 Å². The molecule has 0 aliphatic heterocycles. The molecule has 2 aliphatic rings. The van der Waals surface area contributed by atoms with Crippen LogP contribution >= 0.6 is 0 Å². The topological polar surface area (TPSA) is 72.3 Å².